The van der Waals surface area contributed by atoms with Gasteiger partial charge in [-0.05, 0) is 25.1 Å². The molecule has 0 fully saturated rings. The van der Waals surface area contributed by atoms with Crippen LogP contribution in [-0.2, 0) is 4.79 Å². The Morgan fingerprint density at radius 3 is 2.81 bits per heavy atom. The highest BCUT2D eigenvalue weighted by Gasteiger charge is 2.00. The lowest BCUT2D eigenvalue weighted by atomic mass is 10.1. The number of ether oxygens (including phenoxy) is 1. The number of carbonyl (C=O) groups is 2. The summed E-state index contributed by atoms with van der Waals surface area (Å²) in [5.41, 5.74) is 0.569. The maximum atomic E-state index is 11.1. The molecule has 1 aromatic rings. The normalized spacial score (nSPS) is 10.3. The average Bonchev–Trinajstić information content (AvgIpc) is 2.24. The molecular formula is C12H12O4. The third-order valence-electron chi connectivity index (χ3n) is 1.85. The first-order valence-electron chi connectivity index (χ1n) is 4.73. The van der Waals surface area contributed by atoms with Crippen LogP contribution >= 0.6 is 0 Å². The Hall–Kier alpha value is -2.10. The van der Waals surface area contributed by atoms with Crippen molar-refractivity contribution < 1.29 is 19.4 Å². The minimum Gasteiger partial charge on any atom is -0.490 e. The predicted molar refractivity (Wildman–Crippen MR) is 58.7 cm³/mol. The SMILES string of the molecule is CC(=O)c1cccc(OCC=CC(=O)O)c1. The molecule has 4 nitrogen and oxygen atoms in total. The molecule has 0 spiro atoms. The molecule has 0 saturated heterocycles. The van der Waals surface area contributed by atoms with Crippen LogP contribution < -0.4 is 4.74 Å². The summed E-state index contributed by atoms with van der Waals surface area (Å²) < 4.78 is 5.24. The second-order valence-corrected chi connectivity index (χ2v) is 3.14. The van der Waals surface area contributed by atoms with Crippen LogP contribution in [0.4, 0.5) is 0 Å². The molecule has 0 saturated carbocycles. The van der Waals surface area contributed by atoms with E-state index in [4.69, 9.17) is 9.84 Å². The van der Waals surface area contributed by atoms with E-state index >= 15 is 0 Å². The first kappa shape index (κ1) is 12.0. The molecule has 1 rings (SSSR count). The van der Waals surface area contributed by atoms with Crippen LogP contribution in [0.25, 0.3) is 0 Å². The number of hydrogen-bond donors (Lipinski definition) is 1. The highest BCUT2D eigenvalue weighted by atomic mass is 16.5. The molecular weight excluding hydrogens is 208 g/mol. The highest BCUT2D eigenvalue weighted by Crippen LogP contribution is 2.13. The summed E-state index contributed by atoms with van der Waals surface area (Å²) >= 11 is 0. The van der Waals surface area contributed by atoms with Crippen molar-refractivity contribution >= 4 is 11.8 Å². The quantitative estimate of drug-likeness (QED) is 0.608. The predicted octanol–water partition coefficient (Wildman–Crippen LogP) is 1.91. The molecule has 0 heterocycles. The fourth-order valence-corrected chi connectivity index (χ4v) is 1.10. The van der Waals surface area contributed by atoms with Crippen molar-refractivity contribution in [3.05, 3.63) is 42.0 Å². The second kappa shape index (κ2) is 5.70. The Morgan fingerprint density at radius 1 is 1.44 bits per heavy atom. The standard InChI is InChI=1S/C12H12O4/c1-9(13)10-4-2-5-11(8-10)16-7-3-6-12(14)15/h2-6,8H,7H2,1H3,(H,14,15). The first-order valence-corrected chi connectivity index (χ1v) is 4.73. The number of carbonyl (C=O) groups excluding carboxylic acids is 1. The molecule has 0 aromatic heterocycles. The van der Waals surface area contributed by atoms with E-state index < -0.39 is 5.97 Å². The lowest BCUT2D eigenvalue weighted by molar-refractivity contribution is -0.131. The molecule has 4 heteroatoms. The zero-order valence-corrected chi connectivity index (χ0v) is 8.84. The van der Waals surface area contributed by atoms with Crippen LogP contribution in [0.2, 0.25) is 0 Å². The minimum absolute atomic E-state index is 0.0356. The van der Waals surface area contributed by atoms with E-state index in [1.54, 1.807) is 24.3 Å². The highest BCUT2D eigenvalue weighted by molar-refractivity contribution is 5.94. The molecule has 0 bridgehead atoms. The average molecular weight is 220 g/mol. The molecule has 0 amide bonds. The summed E-state index contributed by atoms with van der Waals surface area (Å²) in [5.74, 6) is -0.504. The Bertz CT molecular complexity index is 421. The number of aliphatic carboxylic acids is 1. The van der Waals surface area contributed by atoms with Crippen molar-refractivity contribution in [1.82, 2.24) is 0 Å². The maximum absolute atomic E-state index is 11.1. The van der Waals surface area contributed by atoms with E-state index in [1.165, 1.54) is 13.0 Å². The molecule has 1 N–H and O–H groups in total. The van der Waals surface area contributed by atoms with Gasteiger partial charge in [-0.3, -0.25) is 4.79 Å². The summed E-state index contributed by atoms with van der Waals surface area (Å²) in [6.07, 6.45) is 2.40. The van der Waals surface area contributed by atoms with Crippen molar-refractivity contribution in [2.24, 2.45) is 0 Å². The number of benzene rings is 1. The van der Waals surface area contributed by atoms with Crippen molar-refractivity contribution in [3.63, 3.8) is 0 Å². The summed E-state index contributed by atoms with van der Waals surface area (Å²) in [4.78, 5) is 21.2. The summed E-state index contributed by atoms with van der Waals surface area (Å²) in [5, 5.41) is 8.34. The molecule has 0 unspecified atom stereocenters. The van der Waals surface area contributed by atoms with Gasteiger partial charge in [0.05, 0.1) is 0 Å². The lowest BCUT2D eigenvalue weighted by Crippen LogP contribution is -1.97. The second-order valence-electron chi connectivity index (χ2n) is 3.14. The van der Waals surface area contributed by atoms with Crippen molar-refractivity contribution in [2.45, 2.75) is 6.92 Å². The number of Topliss-reactive ketones (excluding diaryl/α,β-unsaturated/α-hetero) is 1. The van der Waals surface area contributed by atoms with Gasteiger partial charge in [0.25, 0.3) is 0 Å². The van der Waals surface area contributed by atoms with Crippen molar-refractivity contribution in [2.75, 3.05) is 6.61 Å². The molecule has 0 atom stereocenters. The van der Waals surface area contributed by atoms with E-state index in [0.717, 1.165) is 6.08 Å². The van der Waals surface area contributed by atoms with Crippen LogP contribution in [0.3, 0.4) is 0 Å². The van der Waals surface area contributed by atoms with E-state index in [1.807, 2.05) is 0 Å². The van der Waals surface area contributed by atoms with E-state index in [2.05, 4.69) is 0 Å². The third kappa shape index (κ3) is 3.96. The topological polar surface area (TPSA) is 63.6 Å². The monoisotopic (exact) mass is 220 g/mol. The lowest BCUT2D eigenvalue weighted by Gasteiger charge is -2.03. The van der Waals surface area contributed by atoms with Gasteiger partial charge in [0, 0.05) is 11.6 Å². The van der Waals surface area contributed by atoms with Crippen LogP contribution in [0.15, 0.2) is 36.4 Å². The van der Waals surface area contributed by atoms with Crippen molar-refractivity contribution in [1.29, 1.82) is 0 Å². The number of carboxylic acid groups (broad SMARTS) is 1. The molecule has 0 aliphatic heterocycles. The van der Waals surface area contributed by atoms with Gasteiger partial charge in [0.2, 0.25) is 0 Å². The van der Waals surface area contributed by atoms with E-state index in [0.29, 0.717) is 11.3 Å². The Morgan fingerprint density at radius 2 is 2.19 bits per heavy atom. The summed E-state index contributed by atoms with van der Waals surface area (Å²) in [7, 11) is 0. The van der Waals surface area contributed by atoms with Gasteiger partial charge in [-0.1, -0.05) is 12.1 Å². The Labute approximate surface area is 93.2 Å². The maximum Gasteiger partial charge on any atom is 0.328 e. The molecule has 0 aliphatic carbocycles. The van der Waals surface area contributed by atoms with Gasteiger partial charge >= 0.3 is 5.97 Å². The summed E-state index contributed by atoms with van der Waals surface area (Å²) in [6.45, 7) is 1.64. The van der Waals surface area contributed by atoms with E-state index in [9.17, 15) is 9.59 Å². The molecule has 0 aliphatic rings. The minimum atomic E-state index is -1.01. The fourth-order valence-electron chi connectivity index (χ4n) is 1.10. The third-order valence-corrected chi connectivity index (χ3v) is 1.85. The van der Waals surface area contributed by atoms with Gasteiger partial charge in [0.15, 0.2) is 5.78 Å². The van der Waals surface area contributed by atoms with Crippen molar-refractivity contribution in [3.8, 4) is 5.75 Å². The van der Waals surface area contributed by atoms with Gasteiger partial charge in [0.1, 0.15) is 12.4 Å². The molecule has 1 aromatic carbocycles. The van der Waals surface area contributed by atoms with Gasteiger partial charge in [-0.2, -0.15) is 0 Å². The van der Waals surface area contributed by atoms with Crippen LogP contribution in [0.5, 0.6) is 5.75 Å². The fraction of sp³-hybridized carbons (Fsp3) is 0.167. The largest absolute Gasteiger partial charge is 0.490 e. The molecule has 84 valence electrons. The number of rotatable bonds is 5. The number of carboxylic acids is 1. The molecule has 0 radical (unpaired) electrons. The van der Waals surface area contributed by atoms with E-state index in [-0.39, 0.29) is 12.4 Å². The number of ketones is 1. The van der Waals surface area contributed by atoms with Gasteiger partial charge in [-0.15, -0.1) is 0 Å². The van der Waals surface area contributed by atoms with Gasteiger partial charge < -0.3 is 9.84 Å². The zero-order chi connectivity index (χ0) is 12.0. The number of hydrogen-bond acceptors (Lipinski definition) is 3. The smallest absolute Gasteiger partial charge is 0.328 e. The Balaban J connectivity index is 2.57. The van der Waals surface area contributed by atoms with Crippen LogP contribution in [0.1, 0.15) is 17.3 Å². The summed E-state index contributed by atoms with van der Waals surface area (Å²) in [6, 6.07) is 6.74. The first-order chi connectivity index (χ1) is 7.59. The Kier molecular flexibility index (Phi) is 4.27. The van der Waals surface area contributed by atoms with Gasteiger partial charge in [-0.25, -0.2) is 4.79 Å². The van der Waals surface area contributed by atoms with Crippen LogP contribution in [0, 0.1) is 0 Å². The van der Waals surface area contributed by atoms with Crippen LogP contribution in [-0.4, -0.2) is 23.5 Å². The zero-order valence-electron chi connectivity index (χ0n) is 8.84. The molecule has 16 heavy (non-hydrogen) atoms.